The van der Waals surface area contributed by atoms with E-state index < -0.39 is 12.0 Å². The molecule has 2 heterocycles. The van der Waals surface area contributed by atoms with Crippen molar-refractivity contribution in [2.45, 2.75) is 32.0 Å². The summed E-state index contributed by atoms with van der Waals surface area (Å²) in [5, 5.41) is 14.2. The first-order chi connectivity index (χ1) is 13.0. The molecular weight excluding hydrogens is 366 g/mol. The third kappa shape index (κ3) is 4.13. The fraction of sp³-hybridized carbons (Fsp3) is 0.333. The Kier molecular flexibility index (Phi) is 5.80. The standard InChI is InChI=1S/C18H21N5O3S/c1-4-26-16(24)15-12(3)20-17(25)21-13(15)9-27-18-22-19-10-23(18)14-8-6-5-7-11(14)2/h5-8,10,12H,4,9H2,1-3H3,(H2,20,21,25)/t12-/m1/s1. The van der Waals surface area contributed by atoms with Gasteiger partial charge < -0.3 is 15.4 Å². The lowest BCUT2D eigenvalue weighted by Crippen LogP contribution is -2.49. The van der Waals surface area contributed by atoms with Crippen LogP contribution in [0.5, 0.6) is 0 Å². The number of para-hydroxylation sites is 1. The molecule has 2 amide bonds. The minimum atomic E-state index is -0.437. The van der Waals surface area contributed by atoms with Gasteiger partial charge in [0.1, 0.15) is 6.33 Å². The molecule has 0 radical (unpaired) electrons. The first kappa shape index (κ1) is 19.0. The number of carbonyl (C=O) groups is 2. The van der Waals surface area contributed by atoms with Gasteiger partial charge in [-0.15, -0.1) is 10.2 Å². The Labute approximate surface area is 161 Å². The molecule has 27 heavy (non-hydrogen) atoms. The van der Waals surface area contributed by atoms with Gasteiger partial charge in [0, 0.05) is 11.4 Å². The number of amides is 2. The SMILES string of the molecule is CCOC(=O)C1=C(CSc2nncn2-c2ccccc2C)NC(=O)N[C@@H]1C. The van der Waals surface area contributed by atoms with Crippen LogP contribution in [0.3, 0.4) is 0 Å². The van der Waals surface area contributed by atoms with Crippen molar-refractivity contribution in [2.24, 2.45) is 0 Å². The van der Waals surface area contributed by atoms with Crippen LogP contribution in [-0.4, -0.2) is 45.2 Å². The molecular formula is C18H21N5O3S. The molecule has 9 heteroatoms. The lowest BCUT2D eigenvalue weighted by atomic mass is 10.1. The molecule has 1 atom stereocenters. The van der Waals surface area contributed by atoms with E-state index in [2.05, 4.69) is 20.8 Å². The van der Waals surface area contributed by atoms with Crippen LogP contribution in [0.2, 0.25) is 0 Å². The quantitative estimate of drug-likeness (QED) is 0.582. The summed E-state index contributed by atoms with van der Waals surface area (Å²) in [7, 11) is 0. The number of nitrogens with zero attached hydrogens (tertiary/aromatic N) is 3. The van der Waals surface area contributed by atoms with Gasteiger partial charge in [-0.1, -0.05) is 30.0 Å². The number of thioether (sulfide) groups is 1. The molecule has 0 bridgehead atoms. The zero-order valence-corrected chi connectivity index (χ0v) is 16.2. The third-order valence-electron chi connectivity index (χ3n) is 4.10. The molecule has 1 aliphatic rings. The fourth-order valence-corrected chi connectivity index (χ4v) is 3.74. The summed E-state index contributed by atoms with van der Waals surface area (Å²) in [5.74, 6) is -0.0790. The van der Waals surface area contributed by atoms with E-state index in [1.807, 2.05) is 35.8 Å². The van der Waals surface area contributed by atoms with Gasteiger partial charge in [-0.25, -0.2) is 9.59 Å². The average molecular weight is 387 g/mol. The van der Waals surface area contributed by atoms with Crippen LogP contribution in [0, 0.1) is 6.92 Å². The lowest BCUT2D eigenvalue weighted by molar-refractivity contribution is -0.138. The van der Waals surface area contributed by atoms with E-state index in [-0.39, 0.29) is 12.6 Å². The number of urea groups is 1. The van der Waals surface area contributed by atoms with Crippen LogP contribution in [-0.2, 0) is 9.53 Å². The number of hydrogen-bond donors (Lipinski definition) is 2. The highest BCUT2D eigenvalue weighted by molar-refractivity contribution is 7.99. The number of aromatic nitrogens is 3. The van der Waals surface area contributed by atoms with Crippen molar-refractivity contribution in [3.8, 4) is 5.69 Å². The Morgan fingerprint density at radius 2 is 2.15 bits per heavy atom. The molecule has 1 aromatic carbocycles. The number of hydrogen-bond acceptors (Lipinski definition) is 6. The predicted octanol–water partition coefficient (Wildman–Crippen LogP) is 2.19. The van der Waals surface area contributed by atoms with Gasteiger partial charge in [0.25, 0.3) is 0 Å². The van der Waals surface area contributed by atoms with Crippen LogP contribution in [0.1, 0.15) is 19.4 Å². The zero-order valence-electron chi connectivity index (χ0n) is 15.4. The molecule has 8 nitrogen and oxygen atoms in total. The molecule has 0 fully saturated rings. The van der Waals surface area contributed by atoms with E-state index in [9.17, 15) is 9.59 Å². The van der Waals surface area contributed by atoms with Gasteiger partial charge in [0.15, 0.2) is 5.16 Å². The Balaban J connectivity index is 1.86. The summed E-state index contributed by atoms with van der Waals surface area (Å²) in [6, 6.07) is 7.15. The molecule has 0 spiro atoms. The molecule has 0 saturated carbocycles. The minimum Gasteiger partial charge on any atom is -0.463 e. The van der Waals surface area contributed by atoms with Crippen LogP contribution >= 0.6 is 11.8 Å². The number of benzene rings is 1. The van der Waals surface area contributed by atoms with Gasteiger partial charge in [-0.05, 0) is 32.4 Å². The number of rotatable bonds is 6. The molecule has 1 aromatic heterocycles. The monoisotopic (exact) mass is 387 g/mol. The van der Waals surface area contributed by atoms with Crippen LogP contribution in [0.15, 0.2) is 47.0 Å². The molecule has 142 valence electrons. The van der Waals surface area contributed by atoms with Crippen molar-refractivity contribution in [1.82, 2.24) is 25.4 Å². The molecule has 3 rings (SSSR count). The van der Waals surface area contributed by atoms with Gasteiger partial charge in [0.2, 0.25) is 0 Å². The van der Waals surface area contributed by atoms with E-state index in [0.717, 1.165) is 11.3 Å². The number of esters is 1. The predicted molar refractivity (Wildman–Crippen MR) is 102 cm³/mol. The number of carbonyl (C=O) groups excluding carboxylic acids is 2. The highest BCUT2D eigenvalue weighted by Gasteiger charge is 2.29. The summed E-state index contributed by atoms with van der Waals surface area (Å²) in [6.07, 6.45) is 1.65. The zero-order chi connectivity index (χ0) is 19.4. The molecule has 0 unspecified atom stereocenters. The second-order valence-electron chi connectivity index (χ2n) is 5.99. The van der Waals surface area contributed by atoms with Gasteiger partial charge in [0.05, 0.1) is 23.9 Å². The fourth-order valence-electron chi connectivity index (χ4n) is 2.85. The summed E-state index contributed by atoms with van der Waals surface area (Å²) in [4.78, 5) is 24.2. The Hall–Kier alpha value is -2.81. The van der Waals surface area contributed by atoms with E-state index in [1.54, 1.807) is 20.2 Å². The summed E-state index contributed by atoms with van der Waals surface area (Å²) in [6.45, 7) is 5.79. The van der Waals surface area contributed by atoms with Crippen molar-refractivity contribution in [2.75, 3.05) is 12.4 Å². The minimum absolute atomic E-state index is 0.269. The second-order valence-corrected chi connectivity index (χ2v) is 6.93. The largest absolute Gasteiger partial charge is 0.463 e. The highest BCUT2D eigenvalue weighted by atomic mass is 32.2. The maximum absolute atomic E-state index is 12.3. The van der Waals surface area contributed by atoms with Crippen LogP contribution in [0.4, 0.5) is 4.79 Å². The maximum Gasteiger partial charge on any atom is 0.337 e. The van der Waals surface area contributed by atoms with Crippen molar-refractivity contribution >= 4 is 23.8 Å². The van der Waals surface area contributed by atoms with Crippen molar-refractivity contribution in [3.63, 3.8) is 0 Å². The average Bonchev–Trinajstić information content (AvgIpc) is 3.08. The smallest absolute Gasteiger partial charge is 0.337 e. The lowest BCUT2D eigenvalue weighted by Gasteiger charge is -2.26. The summed E-state index contributed by atoms with van der Waals surface area (Å²) in [5.41, 5.74) is 3.02. The van der Waals surface area contributed by atoms with Crippen molar-refractivity contribution in [3.05, 3.63) is 47.4 Å². The molecule has 2 aromatic rings. The van der Waals surface area contributed by atoms with Gasteiger partial charge >= 0.3 is 12.0 Å². The number of aryl methyl sites for hydroxylation is 1. The van der Waals surface area contributed by atoms with Crippen molar-refractivity contribution in [1.29, 1.82) is 0 Å². The molecule has 0 aliphatic carbocycles. The second kappa shape index (κ2) is 8.26. The Morgan fingerprint density at radius 1 is 1.37 bits per heavy atom. The summed E-state index contributed by atoms with van der Waals surface area (Å²) < 4.78 is 7.02. The number of ether oxygens (including phenoxy) is 1. The van der Waals surface area contributed by atoms with E-state index in [0.29, 0.717) is 22.2 Å². The normalized spacial score (nSPS) is 16.7. The van der Waals surface area contributed by atoms with Gasteiger partial charge in [-0.2, -0.15) is 0 Å². The number of nitrogens with one attached hydrogen (secondary N) is 2. The molecule has 0 saturated heterocycles. The van der Waals surface area contributed by atoms with Crippen LogP contribution < -0.4 is 10.6 Å². The van der Waals surface area contributed by atoms with Crippen LogP contribution in [0.25, 0.3) is 5.69 Å². The third-order valence-corrected chi connectivity index (χ3v) is 5.07. The summed E-state index contributed by atoms with van der Waals surface area (Å²) >= 11 is 1.39. The van der Waals surface area contributed by atoms with E-state index in [1.165, 1.54) is 11.8 Å². The molecule has 1 aliphatic heterocycles. The van der Waals surface area contributed by atoms with E-state index >= 15 is 0 Å². The Morgan fingerprint density at radius 3 is 2.89 bits per heavy atom. The molecule has 2 N–H and O–H groups in total. The van der Waals surface area contributed by atoms with E-state index in [4.69, 9.17) is 4.74 Å². The Bertz CT molecular complexity index is 893. The topological polar surface area (TPSA) is 98.1 Å². The van der Waals surface area contributed by atoms with Gasteiger partial charge in [-0.3, -0.25) is 4.57 Å². The maximum atomic E-state index is 12.3. The highest BCUT2D eigenvalue weighted by Crippen LogP contribution is 2.25. The first-order valence-corrected chi connectivity index (χ1v) is 9.56. The first-order valence-electron chi connectivity index (χ1n) is 8.57. The van der Waals surface area contributed by atoms with Crippen molar-refractivity contribution < 1.29 is 14.3 Å².